The lowest BCUT2D eigenvalue weighted by atomic mass is 9.72. The first-order valence-electron chi connectivity index (χ1n) is 16.0. The van der Waals surface area contributed by atoms with E-state index in [-0.39, 0.29) is 25.2 Å². The minimum absolute atomic E-state index is 0.107. The van der Waals surface area contributed by atoms with Crippen LogP contribution in [0.4, 0.5) is 0 Å². The van der Waals surface area contributed by atoms with E-state index in [1.54, 1.807) is 0 Å². The largest absolute Gasteiger partial charge is 0.427 e. The molecule has 0 radical (unpaired) electrons. The molecule has 3 saturated heterocycles. The molecule has 5 aliphatic rings. The van der Waals surface area contributed by atoms with E-state index in [9.17, 15) is 51.1 Å². The second-order valence-electron chi connectivity index (χ2n) is 13.2. The fourth-order valence-electron chi connectivity index (χ4n) is 7.83. The third-order valence-electron chi connectivity index (χ3n) is 10.5. The number of aliphatic hydroxyl groups is 12. The lowest BCUT2D eigenvalue weighted by Crippen LogP contribution is -2.64. The Kier molecular flexibility index (Phi) is 12.3. The van der Waals surface area contributed by atoms with E-state index < -0.39 is 129 Å². The van der Waals surface area contributed by atoms with Gasteiger partial charge in [-0.15, -0.1) is 0 Å². The summed E-state index contributed by atoms with van der Waals surface area (Å²) in [6, 6.07) is 0. The Bertz CT molecular complexity index is 945. The zero-order valence-electron chi connectivity index (χ0n) is 25.9. The monoisotopic (exact) mass is 671 g/mol. The molecule has 0 amide bonds. The number of hydrogen-bond donors (Lipinski definition) is 10. The summed E-state index contributed by atoms with van der Waals surface area (Å²) in [5.41, 5.74) is 0. The summed E-state index contributed by atoms with van der Waals surface area (Å²) in [6.07, 6.45) is -19.4. The Morgan fingerprint density at radius 2 is 1.07 bits per heavy atom. The van der Waals surface area contributed by atoms with Gasteiger partial charge in [-0.05, 0) is 19.3 Å². The molecule has 2 saturated carbocycles. The molecule has 0 bridgehead atoms. The Labute approximate surface area is 266 Å². The fourth-order valence-corrected chi connectivity index (χ4v) is 7.83. The maximum atomic E-state index is 10.9. The zero-order chi connectivity index (χ0) is 33.4. The number of fused-ring (bicyclic) bond motifs is 1. The Balaban J connectivity index is 1.41. The molecule has 0 spiro atoms. The smallest absolute Gasteiger partial charge is 0.187 e. The molecule has 0 aromatic heterocycles. The zero-order valence-corrected chi connectivity index (χ0v) is 25.9. The van der Waals surface area contributed by atoms with Crippen LogP contribution in [0.25, 0.3) is 0 Å². The van der Waals surface area contributed by atoms with Gasteiger partial charge in [0, 0.05) is 33.0 Å². The predicted molar refractivity (Wildman–Crippen MR) is 151 cm³/mol. The molecule has 3 aliphatic heterocycles. The molecular formula is C29H51O17+. The summed E-state index contributed by atoms with van der Waals surface area (Å²) in [7, 11) is 2.97. The van der Waals surface area contributed by atoms with Crippen LogP contribution in [0.5, 0.6) is 0 Å². The molecule has 5 fully saturated rings. The van der Waals surface area contributed by atoms with E-state index in [1.165, 1.54) is 14.2 Å². The number of ether oxygens (including phenoxy) is 7. The minimum Gasteiger partial charge on any atom is -0.427 e. The fraction of sp³-hybridized carbons (Fsp3) is 1.00. The first kappa shape index (κ1) is 36.6. The van der Waals surface area contributed by atoms with Crippen molar-refractivity contribution < 1.29 is 84.2 Å². The van der Waals surface area contributed by atoms with Crippen molar-refractivity contribution in [3.63, 3.8) is 0 Å². The minimum atomic E-state index is -1.67. The molecule has 3 heterocycles. The van der Waals surface area contributed by atoms with Gasteiger partial charge in [0.05, 0.1) is 43.5 Å². The molecule has 17 heteroatoms. The first-order valence-corrected chi connectivity index (χ1v) is 16.0. The Hall–Kier alpha value is -0.680. The maximum Gasteiger partial charge on any atom is 0.187 e. The van der Waals surface area contributed by atoms with Crippen molar-refractivity contribution in [3.05, 3.63) is 0 Å². The van der Waals surface area contributed by atoms with Crippen LogP contribution in [0.15, 0.2) is 0 Å². The van der Waals surface area contributed by atoms with Crippen LogP contribution >= 0.6 is 0 Å². The van der Waals surface area contributed by atoms with Crippen LogP contribution in [-0.2, 0) is 28.4 Å². The third kappa shape index (κ3) is 7.27. The molecule has 11 N–H and O–H groups in total. The molecule has 0 aromatic carbocycles. The number of aliphatic hydroxyl groups excluding tert-OH is 10. The van der Waals surface area contributed by atoms with Crippen molar-refractivity contribution in [2.45, 2.75) is 142 Å². The summed E-state index contributed by atoms with van der Waals surface area (Å²) >= 11 is 0. The van der Waals surface area contributed by atoms with Gasteiger partial charge < -0.3 is 84.2 Å². The van der Waals surface area contributed by atoms with E-state index in [4.69, 9.17) is 33.2 Å². The highest BCUT2D eigenvalue weighted by atomic mass is 16.7. The maximum absolute atomic E-state index is 10.9. The summed E-state index contributed by atoms with van der Waals surface area (Å²) in [6.45, 7) is -1.29. The van der Waals surface area contributed by atoms with Crippen LogP contribution in [0.2, 0.25) is 0 Å². The van der Waals surface area contributed by atoms with Gasteiger partial charge in [-0.25, -0.2) is 0 Å². The lowest BCUT2D eigenvalue weighted by Gasteiger charge is -2.50. The highest BCUT2D eigenvalue weighted by Crippen LogP contribution is 2.44. The number of rotatable bonds is 9. The molecule has 17 nitrogen and oxygen atoms in total. The molecule has 46 heavy (non-hydrogen) atoms. The number of methoxy groups -OCH3 is 2. The summed E-state index contributed by atoms with van der Waals surface area (Å²) in [5, 5.41) is 104. The van der Waals surface area contributed by atoms with E-state index in [1.807, 2.05) is 0 Å². The quantitative estimate of drug-likeness (QED) is 0.103. The SMILES string of the molecule is COC1CC(C2[OH+]C3CC(O)CC(O[C@H]4O[C@@H](CO)[C@H](O)[C@@H](O)[C@@H]4O)C3CC2O[C@H]2O[C@@H](CO)[C@H](O)[C@@H](O)[C@@H]2O)CC(OC)C1O. The average Bonchev–Trinajstić information content (AvgIpc) is 3.05. The topological polar surface area (TPSA) is 270 Å². The van der Waals surface area contributed by atoms with Gasteiger partial charge in [-0.1, -0.05) is 0 Å². The molecule has 268 valence electrons. The lowest BCUT2D eigenvalue weighted by molar-refractivity contribution is -0.368. The molecular weight excluding hydrogens is 620 g/mol. The van der Waals surface area contributed by atoms with E-state index in [2.05, 4.69) is 0 Å². The van der Waals surface area contributed by atoms with Gasteiger partial charge in [0.1, 0.15) is 61.0 Å². The normalized spacial score (nSPS) is 53.5. The summed E-state index contributed by atoms with van der Waals surface area (Å²) in [4.78, 5) is 0. The highest BCUT2D eigenvalue weighted by molar-refractivity contribution is 5.01. The standard InChI is InChI=1S/C29H50O17/c1-40-15-3-10(4-16(41-2)20(15)33)27-17(44-29-26(39)24(37)22(35)19(9-31)46-29)7-12-13(42-27)5-11(32)6-14(12)43-28-25(38)23(36)21(34)18(8-30)45-28/h10-39H,3-9H2,1-2H3/p+1/t10?,11?,12?,13?,14?,15?,16?,17?,18-,19-,20?,21-,22-,23+,24+,25-,26-,27?,28-,29-/m0/s1. The van der Waals surface area contributed by atoms with E-state index >= 15 is 0 Å². The van der Waals surface area contributed by atoms with Crippen molar-refractivity contribution in [2.24, 2.45) is 11.8 Å². The highest BCUT2D eigenvalue weighted by Gasteiger charge is 2.57. The van der Waals surface area contributed by atoms with Crippen LogP contribution in [0.1, 0.15) is 32.1 Å². The number of hydrogen-bond acceptors (Lipinski definition) is 16. The van der Waals surface area contributed by atoms with Crippen LogP contribution in [-0.4, -0.2) is 193 Å². The van der Waals surface area contributed by atoms with Crippen molar-refractivity contribution in [1.82, 2.24) is 0 Å². The summed E-state index contributed by atoms with van der Waals surface area (Å²) < 4.78 is 40.0. The van der Waals surface area contributed by atoms with Crippen LogP contribution < -0.4 is 0 Å². The van der Waals surface area contributed by atoms with Gasteiger partial charge >= 0.3 is 0 Å². The molecule has 2 aliphatic carbocycles. The predicted octanol–water partition coefficient (Wildman–Crippen LogP) is -5.40. The van der Waals surface area contributed by atoms with Crippen LogP contribution in [0.3, 0.4) is 0 Å². The second-order valence-corrected chi connectivity index (χ2v) is 13.2. The van der Waals surface area contributed by atoms with Gasteiger partial charge in [0.25, 0.3) is 0 Å². The molecule has 5 rings (SSSR count). The van der Waals surface area contributed by atoms with Crippen molar-refractivity contribution in [2.75, 3.05) is 27.4 Å². The van der Waals surface area contributed by atoms with Gasteiger partial charge in [0.15, 0.2) is 24.8 Å². The van der Waals surface area contributed by atoms with E-state index in [0.29, 0.717) is 12.8 Å². The Morgan fingerprint density at radius 3 is 1.54 bits per heavy atom. The van der Waals surface area contributed by atoms with Crippen molar-refractivity contribution >= 4 is 0 Å². The average molecular weight is 672 g/mol. The second kappa shape index (κ2) is 15.5. The van der Waals surface area contributed by atoms with E-state index in [0.717, 1.165) is 0 Å². The van der Waals surface area contributed by atoms with Crippen molar-refractivity contribution in [1.29, 1.82) is 0 Å². The molecule has 0 aromatic rings. The summed E-state index contributed by atoms with van der Waals surface area (Å²) in [5.74, 6) is -0.717. The Morgan fingerprint density at radius 1 is 0.565 bits per heavy atom. The molecule has 8 unspecified atom stereocenters. The van der Waals surface area contributed by atoms with Crippen LogP contribution in [0, 0.1) is 11.8 Å². The third-order valence-corrected chi connectivity index (χ3v) is 10.5. The van der Waals surface area contributed by atoms with Gasteiger partial charge in [-0.2, -0.15) is 0 Å². The van der Waals surface area contributed by atoms with Gasteiger partial charge in [0.2, 0.25) is 0 Å². The first-order chi connectivity index (χ1) is 21.9. The van der Waals surface area contributed by atoms with Crippen molar-refractivity contribution in [3.8, 4) is 0 Å². The molecule has 18 atom stereocenters. The van der Waals surface area contributed by atoms with Gasteiger partial charge in [-0.3, -0.25) is 0 Å².